The first kappa shape index (κ1) is 11.5. The van der Waals surface area contributed by atoms with Gasteiger partial charge in [0, 0.05) is 0 Å². The maximum absolute atomic E-state index is 11.0. The van der Waals surface area contributed by atoms with Crippen LogP contribution in [-0.4, -0.2) is 22.9 Å². The van der Waals surface area contributed by atoms with Crippen LogP contribution in [-0.2, 0) is 9.59 Å². The van der Waals surface area contributed by atoms with Crippen LogP contribution in [0.2, 0.25) is 5.02 Å². The van der Waals surface area contributed by atoms with Crippen molar-refractivity contribution in [3.8, 4) is 0 Å². The van der Waals surface area contributed by atoms with Crippen LogP contribution in [0.15, 0.2) is 24.3 Å². The summed E-state index contributed by atoms with van der Waals surface area (Å²) in [6.07, 6.45) is 0. The van der Waals surface area contributed by atoms with Crippen LogP contribution in [0.25, 0.3) is 0 Å². The standard InChI is InChI=1S/C10H10ClNO3/c1-6(13)9(10(14)15)12-8-5-3-2-4-7(8)11/h2-5,9,12H,1H3,(H,14,15). The molecular weight excluding hydrogens is 218 g/mol. The van der Waals surface area contributed by atoms with Gasteiger partial charge in [-0.2, -0.15) is 0 Å². The summed E-state index contributed by atoms with van der Waals surface area (Å²) in [4.78, 5) is 21.7. The monoisotopic (exact) mass is 227 g/mol. The summed E-state index contributed by atoms with van der Waals surface area (Å²) < 4.78 is 0. The van der Waals surface area contributed by atoms with Crippen molar-refractivity contribution >= 4 is 29.0 Å². The van der Waals surface area contributed by atoms with Gasteiger partial charge in [-0.25, -0.2) is 4.79 Å². The summed E-state index contributed by atoms with van der Waals surface area (Å²) in [5.74, 6) is -1.69. The van der Waals surface area contributed by atoms with Crippen LogP contribution in [0.5, 0.6) is 0 Å². The van der Waals surface area contributed by atoms with Gasteiger partial charge in [-0.1, -0.05) is 23.7 Å². The molecule has 0 aromatic heterocycles. The molecule has 4 nitrogen and oxygen atoms in total. The van der Waals surface area contributed by atoms with E-state index in [-0.39, 0.29) is 0 Å². The second kappa shape index (κ2) is 4.79. The first-order valence-electron chi connectivity index (χ1n) is 4.26. The lowest BCUT2D eigenvalue weighted by Crippen LogP contribution is -2.35. The molecule has 1 atom stereocenters. The van der Waals surface area contributed by atoms with E-state index >= 15 is 0 Å². The van der Waals surface area contributed by atoms with E-state index in [1.165, 1.54) is 6.92 Å². The summed E-state index contributed by atoms with van der Waals surface area (Å²) in [6.45, 7) is 1.21. The normalized spacial score (nSPS) is 11.9. The number of halogens is 1. The highest BCUT2D eigenvalue weighted by Crippen LogP contribution is 2.21. The molecule has 5 heteroatoms. The van der Waals surface area contributed by atoms with E-state index < -0.39 is 17.8 Å². The second-order valence-corrected chi connectivity index (χ2v) is 3.41. The van der Waals surface area contributed by atoms with E-state index in [1.54, 1.807) is 24.3 Å². The molecule has 1 aromatic rings. The van der Waals surface area contributed by atoms with Crippen LogP contribution >= 0.6 is 11.6 Å². The summed E-state index contributed by atoms with van der Waals surface area (Å²) in [6, 6.07) is 5.39. The van der Waals surface area contributed by atoms with E-state index in [1.807, 2.05) is 0 Å². The van der Waals surface area contributed by atoms with Gasteiger partial charge in [-0.3, -0.25) is 4.79 Å². The quantitative estimate of drug-likeness (QED) is 0.770. The predicted octanol–water partition coefficient (Wildman–Crippen LogP) is 1.79. The Morgan fingerprint density at radius 3 is 2.47 bits per heavy atom. The Morgan fingerprint density at radius 2 is 2.00 bits per heavy atom. The highest BCUT2D eigenvalue weighted by atomic mass is 35.5. The second-order valence-electron chi connectivity index (χ2n) is 3.01. The Hall–Kier alpha value is -1.55. The predicted molar refractivity (Wildman–Crippen MR) is 57.2 cm³/mol. The molecule has 0 aliphatic heterocycles. The third-order valence-corrected chi connectivity index (χ3v) is 2.16. The zero-order valence-corrected chi connectivity index (χ0v) is 8.78. The van der Waals surface area contributed by atoms with Crippen LogP contribution in [0.3, 0.4) is 0 Å². The van der Waals surface area contributed by atoms with Gasteiger partial charge in [0.05, 0.1) is 10.7 Å². The molecule has 1 aromatic carbocycles. The highest BCUT2D eigenvalue weighted by molar-refractivity contribution is 6.33. The van der Waals surface area contributed by atoms with Crippen molar-refractivity contribution in [2.75, 3.05) is 5.32 Å². The zero-order chi connectivity index (χ0) is 11.4. The number of ketones is 1. The Kier molecular flexibility index (Phi) is 3.68. The molecule has 0 heterocycles. The third-order valence-electron chi connectivity index (χ3n) is 1.83. The fourth-order valence-electron chi connectivity index (χ4n) is 1.07. The van der Waals surface area contributed by atoms with E-state index in [9.17, 15) is 9.59 Å². The lowest BCUT2D eigenvalue weighted by molar-refractivity contribution is -0.140. The fraction of sp³-hybridized carbons (Fsp3) is 0.200. The largest absolute Gasteiger partial charge is 0.479 e. The zero-order valence-electron chi connectivity index (χ0n) is 8.03. The van der Waals surface area contributed by atoms with Gasteiger partial charge in [-0.15, -0.1) is 0 Å². The minimum absolute atomic E-state index is 0.380. The van der Waals surface area contributed by atoms with E-state index in [4.69, 9.17) is 16.7 Å². The molecule has 0 amide bonds. The number of hydrogen-bond donors (Lipinski definition) is 2. The molecule has 0 aliphatic carbocycles. The van der Waals surface area contributed by atoms with E-state index in [2.05, 4.69) is 5.32 Å². The number of carboxylic acid groups (broad SMARTS) is 1. The van der Waals surface area contributed by atoms with Crippen LogP contribution < -0.4 is 5.32 Å². The molecule has 0 bridgehead atoms. The van der Waals surface area contributed by atoms with Crippen LogP contribution in [0, 0.1) is 0 Å². The maximum Gasteiger partial charge on any atom is 0.333 e. The topological polar surface area (TPSA) is 66.4 Å². The number of benzene rings is 1. The Balaban J connectivity index is 2.88. The molecule has 2 N–H and O–H groups in total. The lowest BCUT2D eigenvalue weighted by atomic mass is 10.2. The summed E-state index contributed by atoms with van der Waals surface area (Å²) in [5, 5.41) is 11.7. The lowest BCUT2D eigenvalue weighted by Gasteiger charge is -2.13. The average molecular weight is 228 g/mol. The number of hydrogen-bond acceptors (Lipinski definition) is 3. The summed E-state index contributed by atoms with van der Waals surface area (Å²) in [7, 11) is 0. The number of para-hydroxylation sites is 1. The summed E-state index contributed by atoms with van der Waals surface area (Å²) >= 11 is 5.81. The van der Waals surface area contributed by atoms with E-state index in [0.717, 1.165) is 0 Å². The van der Waals surface area contributed by atoms with Crippen LogP contribution in [0.1, 0.15) is 6.92 Å². The SMILES string of the molecule is CC(=O)C(Nc1ccccc1Cl)C(=O)O. The number of carboxylic acids is 1. The Bertz CT molecular complexity index is 378. The molecule has 0 saturated heterocycles. The minimum atomic E-state index is -1.26. The van der Waals surface area contributed by atoms with Crippen molar-refractivity contribution in [2.24, 2.45) is 0 Å². The first-order chi connectivity index (χ1) is 7.02. The summed E-state index contributed by atoms with van der Waals surface area (Å²) in [5.41, 5.74) is 0.432. The molecule has 1 rings (SSSR count). The number of Topliss-reactive ketones (excluding diaryl/α,β-unsaturated/α-hetero) is 1. The molecule has 0 aliphatic rings. The van der Waals surface area contributed by atoms with Gasteiger partial charge < -0.3 is 10.4 Å². The van der Waals surface area contributed by atoms with Crippen molar-refractivity contribution in [3.05, 3.63) is 29.3 Å². The number of carbonyl (C=O) groups excluding carboxylic acids is 1. The number of anilines is 1. The molecular formula is C10H10ClNO3. The number of rotatable bonds is 4. The van der Waals surface area contributed by atoms with Crippen molar-refractivity contribution < 1.29 is 14.7 Å². The third kappa shape index (κ3) is 2.95. The minimum Gasteiger partial charge on any atom is -0.479 e. The number of aliphatic carboxylic acids is 1. The number of nitrogens with one attached hydrogen (secondary N) is 1. The molecule has 15 heavy (non-hydrogen) atoms. The molecule has 80 valence electrons. The first-order valence-corrected chi connectivity index (χ1v) is 4.64. The maximum atomic E-state index is 11.0. The molecule has 0 saturated carbocycles. The van der Waals surface area contributed by atoms with Gasteiger partial charge >= 0.3 is 5.97 Å². The molecule has 0 radical (unpaired) electrons. The van der Waals surface area contributed by atoms with Crippen molar-refractivity contribution in [2.45, 2.75) is 13.0 Å². The molecule has 1 unspecified atom stereocenters. The van der Waals surface area contributed by atoms with E-state index in [0.29, 0.717) is 10.7 Å². The van der Waals surface area contributed by atoms with Crippen LogP contribution in [0.4, 0.5) is 5.69 Å². The Labute approximate surface area is 91.9 Å². The Morgan fingerprint density at radius 1 is 1.40 bits per heavy atom. The van der Waals surface area contributed by atoms with Crippen molar-refractivity contribution in [3.63, 3.8) is 0 Å². The number of carbonyl (C=O) groups is 2. The van der Waals surface area contributed by atoms with Gasteiger partial charge in [0.25, 0.3) is 0 Å². The smallest absolute Gasteiger partial charge is 0.333 e. The van der Waals surface area contributed by atoms with Gasteiger partial charge in [0.15, 0.2) is 11.8 Å². The van der Waals surface area contributed by atoms with Crippen molar-refractivity contribution in [1.29, 1.82) is 0 Å². The molecule has 0 fully saturated rings. The highest BCUT2D eigenvalue weighted by Gasteiger charge is 2.22. The van der Waals surface area contributed by atoms with Gasteiger partial charge in [0.1, 0.15) is 0 Å². The van der Waals surface area contributed by atoms with Gasteiger partial charge in [0.2, 0.25) is 0 Å². The van der Waals surface area contributed by atoms with Crippen molar-refractivity contribution in [1.82, 2.24) is 0 Å². The fourth-order valence-corrected chi connectivity index (χ4v) is 1.26. The average Bonchev–Trinajstić information content (AvgIpc) is 2.15. The molecule has 0 spiro atoms. The van der Waals surface area contributed by atoms with Gasteiger partial charge in [-0.05, 0) is 19.1 Å².